The fourth-order valence-corrected chi connectivity index (χ4v) is 3.65. The summed E-state index contributed by atoms with van der Waals surface area (Å²) in [5.41, 5.74) is 3.78. The molecule has 1 aliphatic carbocycles. The molecule has 1 aliphatic heterocycles. The van der Waals surface area contributed by atoms with Crippen LogP contribution in [0.3, 0.4) is 0 Å². The molecule has 3 N–H and O–H groups in total. The quantitative estimate of drug-likeness (QED) is 0.639. The van der Waals surface area contributed by atoms with Crippen LogP contribution in [0.2, 0.25) is 0 Å². The number of pyridine rings is 1. The second-order valence-electron chi connectivity index (χ2n) is 5.91. The van der Waals surface area contributed by atoms with Gasteiger partial charge in [0.2, 0.25) is 0 Å². The average molecular weight is 274 g/mol. The van der Waals surface area contributed by atoms with Crippen molar-refractivity contribution in [3.8, 4) is 0 Å². The number of likely N-dealkylation sites (tertiary alicyclic amines) is 1. The van der Waals surface area contributed by atoms with E-state index in [1.165, 1.54) is 25.7 Å². The smallest absolute Gasteiger partial charge is 0.256 e. The van der Waals surface area contributed by atoms with Crippen LogP contribution in [0.1, 0.15) is 42.5 Å². The van der Waals surface area contributed by atoms with Gasteiger partial charge in [-0.1, -0.05) is 19.3 Å². The summed E-state index contributed by atoms with van der Waals surface area (Å²) in [5.74, 6) is 7.06. The Kier molecular flexibility index (Phi) is 3.87. The summed E-state index contributed by atoms with van der Waals surface area (Å²) >= 11 is 0. The Bertz CT molecular complexity index is 491. The van der Waals surface area contributed by atoms with Crippen molar-refractivity contribution in [1.29, 1.82) is 0 Å². The van der Waals surface area contributed by atoms with Crippen molar-refractivity contribution in [1.82, 2.24) is 9.88 Å². The van der Waals surface area contributed by atoms with E-state index in [0.29, 0.717) is 17.2 Å². The summed E-state index contributed by atoms with van der Waals surface area (Å²) in [6, 6.07) is 1.74. The van der Waals surface area contributed by atoms with Crippen LogP contribution in [0, 0.1) is 11.8 Å². The van der Waals surface area contributed by atoms with Crippen LogP contribution in [0.15, 0.2) is 18.5 Å². The number of anilines is 1. The number of nitrogens with one attached hydrogen (secondary N) is 1. The van der Waals surface area contributed by atoms with Crippen LogP contribution in [0.5, 0.6) is 0 Å². The van der Waals surface area contributed by atoms with Gasteiger partial charge in [-0.3, -0.25) is 15.6 Å². The molecule has 108 valence electrons. The fourth-order valence-electron chi connectivity index (χ4n) is 3.65. The number of carbonyl (C=O) groups is 1. The first-order valence-corrected chi connectivity index (χ1v) is 7.49. The van der Waals surface area contributed by atoms with E-state index in [4.69, 9.17) is 5.84 Å². The van der Waals surface area contributed by atoms with E-state index in [9.17, 15) is 4.79 Å². The van der Waals surface area contributed by atoms with E-state index in [1.807, 2.05) is 4.90 Å². The lowest BCUT2D eigenvalue weighted by molar-refractivity contribution is 0.0521. The highest BCUT2D eigenvalue weighted by atomic mass is 16.2. The number of nitrogens with two attached hydrogens (primary N) is 1. The summed E-state index contributed by atoms with van der Waals surface area (Å²) in [5, 5.41) is 0. The maximum atomic E-state index is 12.7. The number of piperidine rings is 1. The molecular weight excluding hydrogens is 252 g/mol. The Morgan fingerprint density at radius 2 is 2.10 bits per heavy atom. The van der Waals surface area contributed by atoms with Crippen molar-refractivity contribution in [2.45, 2.75) is 32.1 Å². The number of hydrazine groups is 1. The molecule has 3 rings (SSSR count). The average Bonchev–Trinajstić information content (AvgIpc) is 2.53. The molecule has 5 nitrogen and oxygen atoms in total. The molecule has 5 heteroatoms. The van der Waals surface area contributed by atoms with Crippen molar-refractivity contribution in [2.75, 3.05) is 18.5 Å². The first kappa shape index (κ1) is 13.4. The number of amides is 1. The zero-order valence-electron chi connectivity index (χ0n) is 11.7. The molecule has 1 aromatic rings. The van der Waals surface area contributed by atoms with Crippen LogP contribution in [0.4, 0.5) is 5.69 Å². The Hall–Kier alpha value is -1.62. The molecule has 2 fully saturated rings. The summed E-state index contributed by atoms with van der Waals surface area (Å²) in [6.45, 7) is 1.77. The van der Waals surface area contributed by atoms with Crippen molar-refractivity contribution in [2.24, 2.45) is 17.7 Å². The van der Waals surface area contributed by atoms with Crippen LogP contribution in [-0.4, -0.2) is 28.9 Å². The van der Waals surface area contributed by atoms with E-state index in [1.54, 1.807) is 18.5 Å². The number of hydrogen-bond donors (Lipinski definition) is 2. The second-order valence-corrected chi connectivity index (χ2v) is 5.91. The number of nitrogens with zero attached hydrogens (tertiary/aromatic N) is 2. The molecule has 1 aromatic heterocycles. The van der Waals surface area contributed by atoms with Crippen molar-refractivity contribution in [3.05, 3.63) is 24.0 Å². The summed E-state index contributed by atoms with van der Waals surface area (Å²) in [7, 11) is 0. The molecule has 2 aliphatic rings. The first-order chi connectivity index (χ1) is 9.79. The van der Waals surface area contributed by atoms with E-state index in [-0.39, 0.29) is 5.91 Å². The lowest BCUT2D eigenvalue weighted by Gasteiger charge is -2.41. The minimum Gasteiger partial charge on any atom is -0.338 e. The van der Waals surface area contributed by atoms with Crippen LogP contribution in [-0.2, 0) is 0 Å². The van der Waals surface area contributed by atoms with Gasteiger partial charge in [0.05, 0.1) is 17.4 Å². The molecule has 1 saturated heterocycles. The fraction of sp³-hybridized carbons (Fsp3) is 0.600. The number of aromatic nitrogens is 1. The number of hydrogen-bond acceptors (Lipinski definition) is 4. The zero-order chi connectivity index (χ0) is 13.9. The van der Waals surface area contributed by atoms with Gasteiger partial charge in [-0.15, -0.1) is 0 Å². The van der Waals surface area contributed by atoms with E-state index in [2.05, 4.69) is 10.4 Å². The highest BCUT2D eigenvalue weighted by Crippen LogP contribution is 2.36. The predicted molar refractivity (Wildman–Crippen MR) is 78.0 cm³/mol. The lowest BCUT2D eigenvalue weighted by Crippen LogP contribution is -2.45. The largest absolute Gasteiger partial charge is 0.338 e. The minimum absolute atomic E-state index is 0.0735. The molecule has 0 bridgehead atoms. The van der Waals surface area contributed by atoms with Gasteiger partial charge in [-0.05, 0) is 30.7 Å². The van der Waals surface area contributed by atoms with Crippen LogP contribution in [0.25, 0.3) is 0 Å². The van der Waals surface area contributed by atoms with Crippen molar-refractivity contribution in [3.63, 3.8) is 0 Å². The SMILES string of the molecule is NNc1cnccc1C(=O)N1CCC2CCCCC2C1. The second kappa shape index (κ2) is 5.79. The van der Waals surface area contributed by atoms with E-state index >= 15 is 0 Å². The summed E-state index contributed by atoms with van der Waals surface area (Å²) < 4.78 is 0. The number of rotatable bonds is 2. The molecular formula is C15H22N4O. The van der Waals surface area contributed by atoms with Crippen LogP contribution >= 0.6 is 0 Å². The van der Waals surface area contributed by atoms with E-state index in [0.717, 1.165) is 25.4 Å². The van der Waals surface area contributed by atoms with Gasteiger partial charge >= 0.3 is 0 Å². The Labute approximate surface area is 119 Å². The summed E-state index contributed by atoms with van der Waals surface area (Å²) in [6.07, 6.45) is 9.67. The van der Waals surface area contributed by atoms with Gasteiger partial charge in [0.1, 0.15) is 0 Å². The number of nitrogen functional groups attached to an aromatic ring is 1. The highest BCUT2D eigenvalue weighted by Gasteiger charge is 2.33. The third kappa shape index (κ3) is 2.50. The monoisotopic (exact) mass is 274 g/mol. The first-order valence-electron chi connectivity index (χ1n) is 7.49. The third-order valence-corrected chi connectivity index (χ3v) is 4.79. The normalized spacial score (nSPS) is 25.9. The maximum absolute atomic E-state index is 12.7. The number of carbonyl (C=O) groups excluding carboxylic acids is 1. The molecule has 2 unspecified atom stereocenters. The molecule has 0 spiro atoms. The van der Waals surface area contributed by atoms with Crippen LogP contribution < -0.4 is 11.3 Å². The standard InChI is InChI=1S/C15H22N4O/c16-18-14-9-17-7-5-13(14)15(20)19-8-6-11-3-1-2-4-12(11)10-19/h5,7,9,11-12,18H,1-4,6,8,10,16H2. The maximum Gasteiger partial charge on any atom is 0.256 e. The van der Waals surface area contributed by atoms with Crippen molar-refractivity contribution >= 4 is 11.6 Å². The zero-order valence-corrected chi connectivity index (χ0v) is 11.7. The molecule has 0 aromatic carbocycles. The molecule has 20 heavy (non-hydrogen) atoms. The Morgan fingerprint density at radius 1 is 1.30 bits per heavy atom. The molecule has 1 saturated carbocycles. The van der Waals surface area contributed by atoms with Gasteiger partial charge in [0, 0.05) is 19.3 Å². The molecule has 2 heterocycles. The topological polar surface area (TPSA) is 71.2 Å². The minimum atomic E-state index is 0.0735. The van der Waals surface area contributed by atoms with E-state index < -0.39 is 0 Å². The highest BCUT2D eigenvalue weighted by molar-refractivity contribution is 5.99. The molecule has 0 radical (unpaired) electrons. The van der Waals surface area contributed by atoms with Crippen molar-refractivity contribution < 1.29 is 4.79 Å². The van der Waals surface area contributed by atoms with Gasteiger partial charge in [0.25, 0.3) is 5.91 Å². The van der Waals surface area contributed by atoms with Gasteiger partial charge in [-0.2, -0.15) is 0 Å². The number of fused-ring (bicyclic) bond motifs is 1. The van der Waals surface area contributed by atoms with Gasteiger partial charge in [-0.25, -0.2) is 0 Å². The Balaban J connectivity index is 1.74. The summed E-state index contributed by atoms with van der Waals surface area (Å²) in [4.78, 5) is 18.6. The third-order valence-electron chi connectivity index (χ3n) is 4.79. The predicted octanol–water partition coefficient (Wildman–Crippen LogP) is 2.02. The van der Waals surface area contributed by atoms with Gasteiger partial charge < -0.3 is 10.3 Å². The lowest BCUT2D eigenvalue weighted by atomic mass is 9.75. The molecule has 2 atom stereocenters. The molecule has 1 amide bonds. The van der Waals surface area contributed by atoms with Gasteiger partial charge in [0.15, 0.2) is 0 Å². The Morgan fingerprint density at radius 3 is 2.90 bits per heavy atom.